The highest BCUT2D eigenvalue weighted by Gasteiger charge is 2.50. The van der Waals surface area contributed by atoms with Gasteiger partial charge in [0.05, 0.1) is 17.4 Å². The Balaban J connectivity index is 1.38. The number of aromatic amines is 1. The molecule has 10 nitrogen and oxygen atoms in total. The molecule has 39 heavy (non-hydrogen) atoms. The second-order valence-electron chi connectivity index (χ2n) is 11.0. The van der Waals surface area contributed by atoms with Crippen LogP contribution in [0.4, 0.5) is 5.82 Å². The first kappa shape index (κ1) is 25.1. The SMILES string of the molecule is CC#CC(=O)N1CC2(CCN(c3nc(OC[C@@H]4CCCN4C)nc(-c4c(C)ccc5[nH]ncc45)c3C#N)C2)C1. The lowest BCUT2D eigenvalue weighted by Crippen LogP contribution is -2.59. The van der Waals surface area contributed by atoms with Gasteiger partial charge in [-0.25, -0.2) is 0 Å². The Hall–Kier alpha value is -4.15. The maximum absolute atomic E-state index is 12.2. The summed E-state index contributed by atoms with van der Waals surface area (Å²) in [4.78, 5) is 28.2. The van der Waals surface area contributed by atoms with Crippen LogP contribution >= 0.6 is 0 Å². The first-order chi connectivity index (χ1) is 18.9. The number of hydrogen-bond acceptors (Lipinski definition) is 8. The molecule has 6 rings (SSSR count). The van der Waals surface area contributed by atoms with Crippen molar-refractivity contribution in [2.45, 2.75) is 39.2 Å². The first-order valence-corrected chi connectivity index (χ1v) is 13.5. The number of likely N-dealkylation sites (tertiary alicyclic amines) is 2. The third-order valence-electron chi connectivity index (χ3n) is 8.44. The fourth-order valence-corrected chi connectivity index (χ4v) is 6.27. The van der Waals surface area contributed by atoms with E-state index >= 15 is 0 Å². The highest BCUT2D eigenvalue weighted by molar-refractivity contribution is 5.97. The van der Waals surface area contributed by atoms with Crippen LogP contribution in [0.1, 0.15) is 37.3 Å². The molecule has 3 aliphatic heterocycles. The molecule has 10 heteroatoms. The van der Waals surface area contributed by atoms with Crippen LogP contribution in [0.2, 0.25) is 0 Å². The molecule has 3 aromatic rings. The maximum Gasteiger partial charge on any atom is 0.319 e. The number of H-pyrrole nitrogens is 1. The molecule has 1 spiro atoms. The Morgan fingerprint density at radius 1 is 1.26 bits per heavy atom. The number of fused-ring (bicyclic) bond motifs is 1. The number of nitrogens with one attached hydrogen (secondary N) is 1. The molecule has 0 unspecified atom stereocenters. The highest BCUT2D eigenvalue weighted by Crippen LogP contribution is 2.43. The number of aromatic nitrogens is 4. The number of amides is 1. The summed E-state index contributed by atoms with van der Waals surface area (Å²) in [5.41, 5.74) is 3.71. The lowest BCUT2D eigenvalue weighted by Gasteiger charge is -2.47. The van der Waals surface area contributed by atoms with Crippen LogP contribution in [0, 0.1) is 35.5 Å². The third kappa shape index (κ3) is 4.45. The zero-order chi connectivity index (χ0) is 27.1. The van der Waals surface area contributed by atoms with Crippen molar-refractivity contribution in [1.29, 1.82) is 5.26 Å². The summed E-state index contributed by atoms with van der Waals surface area (Å²) in [5, 5.41) is 18.6. The molecule has 3 aliphatic rings. The predicted molar refractivity (Wildman–Crippen MR) is 147 cm³/mol. The topological polar surface area (TPSA) is 114 Å². The maximum atomic E-state index is 12.2. The molecule has 1 aromatic carbocycles. The Morgan fingerprint density at radius 2 is 2.10 bits per heavy atom. The Morgan fingerprint density at radius 3 is 2.85 bits per heavy atom. The summed E-state index contributed by atoms with van der Waals surface area (Å²) in [6, 6.07) is 7.01. The molecule has 3 saturated heterocycles. The average Bonchev–Trinajstić information content (AvgIpc) is 3.66. The van der Waals surface area contributed by atoms with Crippen LogP contribution in [0.5, 0.6) is 6.01 Å². The fraction of sp³-hybridized carbons (Fsp3) is 0.483. The molecule has 1 N–H and O–H groups in total. The van der Waals surface area contributed by atoms with Gasteiger partial charge in [-0.1, -0.05) is 12.0 Å². The van der Waals surface area contributed by atoms with E-state index in [-0.39, 0.29) is 17.3 Å². The van der Waals surface area contributed by atoms with E-state index in [1.807, 2.05) is 19.1 Å². The number of nitrogens with zero attached hydrogens (tertiary/aromatic N) is 7. The van der Waals surface area contributed by atoms with Gasteiger partial charge < -0.3 is 19.4 Å². The first-order valence-electron chi connectivity index (χ1n) is 13.5. The van der Waals surface area contributed by atoms with Crippen molar-refractivity contribution in [3.8, 4) is 35.2 Å². The molecule has 3 fully saturated rings. The van der Waals surface area contributed by atoms with E-state index in [4.69, 9.17) is 14.7 Å². The monoisotopic (exact) mass is 524 g/mol. The van der Waals surface area contributed by atoms with E-state index < -0.39 is 0 Å². The number of hydrogen-bond donors (Lipinski definition) is 1. The number of likely N-dealkylation sites (N-methyl/N-ethyl adjacent to an activating group) is 1. The van der Waals surface area contributed by atoms with Crippen molar-refractivity contribution in [1.82, 2.24) is 30.0 Å². The van der Waals surface area contributed by atoms with E-state index in [2.05, 4.69) is 45.0 Å². The number of aryl methyl sites for hydroxylation is 1. The largest absolute Gasteiger partial charge is 0.462 e. The third-order valence-corrected chi connectivity index (χ3v) is 8.44. The minimum Gasteiger partial charge on any atom is -0.462 e. The van der Waals surface area contributed by atoms with Crippen LogP contribution in [-0.2, 0) is 4.79 Å². The summed E-state index contributed by atoms with van der Waals surface area (Å²) in [6.45, 7) is 8.03. The van der Waals surface area contributed by atoms with E-state index in [1.54, 1.807) is 18.0 Å². The molecule has 0 saturated carbocycles. The van der Waals surface area contributed by atoms with Gasteiger partial charge in [-0.3, -0.25) is 9.89 Å². The van der Waals surface area contributed by atoms with Crippen molar-refractivity contribution >= 4 is 22.6 Å². The van der Waals surface area contributed by atoms with E-state index in [9.17, 15) is 10.1 Å². The van der Waals surface area contributed by atoms with E-state index in [0.29, 0.717) is 49.4 Å². The number of anilines is 1. The van der Waals surface area contributed by atoms with E-state index in [1.165, 1.54) is 0 Å². The van der Waals surface area contributed by atoms with E-state index in [0.717, 1.165) is 54.4 Å². The van der Waals surface area contributed by atoms with Gasteiger partial charge >= 0.3 is 6.01 Å². The number of benzene rings is 1. The van der Waals surface area contributed by atoms with Gasteiger partial charge in [-0.05, 0) is 64.3 Å². The molecular weight excluding hydrogens is 492 g/mol. The second kappa shape index (κ2) is 9.87. The number of nitriles is 1. The van der Waals surface area contributed by atoms with Gasteiger partial charge in [0.1, 0.15) is 18.2 Å². The number of ether oxygens (including phenoxy) is 1. The van der Waals surface area contributed by atoms with Gasteiger partial charge in [0.2, 0.25) is 0 Å². The average molecular weight is 525 g/mol. The highest BCUT2D eigenvalue weighted by atomic mass is 16.5. The Labute approximate surface area is 228 Å². The molecule has 200 valence electrons. The predicted octanol–water partition coefficient (Wildman–Crippen LogP) is 2.74. The van der Waals surface area contributed by atoms with Crippen LogP contribution < -0.4 is 9.64 Å². The van der Waals surface area contributed by atoms with Crippen LogP contribution in [0.3, 0.4) is 0 Å². The van der Waals surface area contributed by atoms with Crippen molar-refractivity contribution in [2.75, 3.05) is 51.3 Å². The Kier molecular flexibility index (Phi) is 6.36. The van der Waals surface area contributed by atoms with Crippen LogP contribution in [0.15, 0.2) is 18.3 Å². The van der Waals surface area contributed by atoms with Crippen LogP contribution in [0.25, 0.3) is 22.2 Å². The lowest BCUT2D eigenvalue weighted by molar-refractivity contribution is -0.135. The number of carbonyl (C=O) groups is 1. The minimum absolute atomic E-state index is 0.0169. The molecule has 1 amide bonds. The van der Waals surface area contributed by atoms with Gasteiger partial charge in [0, 0.05) is 48.6 Å². The second-order valence-corrected chi connectivity index (χ2v) is 11.0. The smallest absolute Gasteiger partial charge is 0.319 e. The molecule has 0 aliphatic carbocycles. The van der Waals surface area contributed by atoms with Gasteiger partial charge in [-0.15, -0.1) is 0 Å². The fourth-order valence-electron chi connectivity index (χ4n) is 6.27. The van der Waals surface area contributed by atoms with Crippen molar-refractivity contribution in [2.24, 2.45) is 5.41 Å². The van der Waals surface area contributed by atoms with Crippen LogP contribution in [-0.4, -0.2) is 88.3 Å². The van der Waals surface area contributed by atoms with Gasteiger partial charge in [0.15, 0.2) is 5.82 Å². The quantitative estimate of drug-likeness (QED) is 0.507. The van der Waals surface area contributed by atoms with Crippen molar-refractivity contribution < 1.29 is 9.53 Å². The van der Waals surface area contributed by atoms with Gasteiger partial charge in [-0.2, -0.15) is 20.3 Å². The lowest BCUT2D eigenvalue weighted by atomic mass is 9.79. The minimum atomic E-state index is -0.125. The zero-order valence-corrected chi connectivity index (χ0v) is 22.6. The summed E-state index contributed by atoms with van der Waals surface area (Å²) in [5.74, 6) is 5.80. The summed E-state index contributed by atoms with van der Waals surface area (Å²) >= 11 is 0. The zero-order valence-electron chi connectivity index (χ0n) is 22.6. The van der Waals surface area contributed by atoms with Gasteiger partial charge in [0.25, 0.3) is 5.91 Å². The number of rotatable bonds is 5. The number of carbonyl (C=O) groups excluding carboxylic acids is 1. The summed E-state index contributed by atoms with van der Waals surface area (Å²) in [7, 11) is 2.11. The van der Waals surface area contributed by atoms with Crippen molar-refractivity contribution in [3.05, 3.63) is 29.5 Å². The molecule has 2 aromatic heterocycles. The molecular formula is C29H32N8O2. The summed E-state index contributed by atoms with van der Waals surface area (Å²) < 4.78 is 6.23. The molecule has 0 radical (unpaired) electrons. The summed E-state index contributed by atoms with van der Waals surface area (Å²) in [6.07, 6.45) is 4.92. The Bertz CT molecular complexity index is 1540. The van der Waals surface area contributed by atoms with Crippen molar-refractivity contribution in [3.63, 3.8) is 0 Å². The normalized spacial score (nSPS) is 20.1. The molecule has 0 bridgehead atoms. The molecule has 5 heterocycles. The standard InChI is InChI=1S/C29H32N8O2/c1-4-6-24(38)37-17-29(18-37)10-12-36(16-29)27-21(13-30)26(25-19(2)8-9-23-22(25)14-31-34-23)32-28(33-27)39-15-20-7-5-11-35(20)3/h8-9,14,20H,5,7,10-12,15-18H2,1-3H3,(H,31,34)/t20-/m0/s1. The molecule has 1 atom stereocenters.